The van der Waals surface area contributed by atoms with Gasteiger partial charge in [0.15, 0.2) is 0 Å². The van der Waals surface area contributed by atoms with Crippen molar-refractivity contribution in [2.75, 3.05) is 6.61 Å². The molecule has 0 amide bonds. The Morgan fingerprint density at radius 3 is 2.14 bits per heavy atom. The molecule has 0 saturated carbocycles. The zero-order valence-electron chi connectivity index (χ0n) is 16.4. The van der Waals surface area contributed by atoms with E-state index in [1.165, 1.54) is 5.56 Å². The molecule has 0 radical (unpaired) electrons. The summed E-state index contributed by atoms with van der Waals surface area (Å²) in [6.07, 6.45) is 1.14. The second-order valence-electron chi connectivity index (χ2n) is 7.10. The van der Waals surface area contributed by atoms with E-state index >= 15 is 0 Å². The van der Waals surface area contributed by atoms with Gasteiger partial charge in [-0.3, -0.25) is 0 Å². The number of ether oxygens (including phenoxy) is 1. The standard InChI is InChI=1S/C25H24N2O2/c1-19-12-14-23(15-13-19)29-17-22(28)16-27-18-26-24(20-8-4-2-5-9-20)25(27)21-10-6-3-7-11-21/h2-15,18,22,28H,16-17H2,1H3/t22-/m1/s1. The third-order valence-electron chi connectivity index (χ3n) is 4.80. The Balaban J connectivity index is 1.57. The lowest BCUT2D eigenvalue weighted by Gasteiger charge is -2.16. The maximum atomic E-state index is 10.6. The van der Waals surface area contributed by atoms with E-state index in [4.69, 9.17) is 4.74 Å². The lowest BCUT2D eigenvalue weighted by molar-refractivity contribution is 0.0928. The third kappa shape index (κ3) is 4.55. The fourth-order valence-corrected chi connectivity index (χ4v) is 3.33. The van der Waals surface area contributed by atoms with Crippen LogP contribution in [0, 0.1) is 6.92 Å². The second kappa shape index (κ2) is 8.76. The lowest BCUT2D eigenvalue weighted by atomic mass is 10.0. The highest BCUT2D eigenvalue weighted by Crippen LogP contribution is 2.31. The molecule has 0 saturated heterocycles. The molecule has 0 bridgehead atoms. The highest BCUT2D eigenvalue weighted by molar-refractivity contribution is 5.78. The van der Waals surface area contributed by atoms with E-state index in [0.29, 0.717) is 6.54 Å². The van der Waals surface area contributed by atoms with Crippen LogP contribution >= 0.6 is 0 Å². The van der Waals surface area contributed by atoms with Crippen LogP contribution in [0.15, 0.2) is 91.3 Å². The Morgan fingerprint density at radius 2 is 1.48 bits per heavy atom. The first-order valence-electron chi connectivity index (χ1n) is 9.74. The molecule has 1 aromatic heterocycles. The zero-order chi connectivity index (χ0) is 20.1. The van der Waals surface area contributed by atoms with Gasteiger partial charge in [-0.2, -0.15) is 0 Å². The first-order chi connectivity index (χ1) is 14.2. The summed E-state index contributed by atoms with van der Waals surface area (Å²) in [7, 11) is 0. The molecular weight excluding hydrogens is 360 g/mol. The predicted molar refractivity (Wildman–Crippen MR) is 116 cm³/mol. The van der Waals surface area contributed by atoms with Gasteiger partial charge in [-0.25, -0.2) is 4.98 Å². The van der Waals surface area contributed by atoms with Gasteiger partial charge in [0, 0.05) is 11.1 Å². The average Bonchev–Trinajstić information content (AvgIpc) is 3.18. The van der Waals surface area contributed by atoms with Crippen LogP contribution in [0.3, 0.4) is 0 Å². The van der Waals surface area contributed by atoms with E-state index in [0.717, 1.165) is 28.3 Å². The maximum Gasteiger partial charge on any atom is 0.119 e. The Bertz CT molecular complexity index is 1040. The number of hydrogen-bond donors (Lipinski definition) is 1. The number of aryl methyl sites for hydroxylation is 1. The van der Waals surface area contributed by atoms with Crippen LogP contribution in [0.1, 0.15) is 5.56 Å². The fraction of sp³-hybridized carbons (Fsp3) is 0.160. The summed E-state index contributed by atoms with van der Waals surface area (Å²) in [4.78, 5) is 4.65. The highest BCUT2D eigenvalue weighted by Gasteiger charge is 2.17. The molecule has 0 unspecified atom stereocenters. The van der Waals surface area contributed by atoms with Gasteiger partial charge >= 0.3 is 0 Å². The molecule has 1 N–H and O–H groups in total. The molecule has 3 aromatic carbocycles. The molecule has 4 nitrogen and oxygen atoms in total. The number of hydrogen-bond acceptors (Lipinski definition) is 3. The second-order valence-corrected chi connectivity index (χ2v) is 7.10. The number of rotatable bonds is 7. The van der Waals surface area contributed by atoms with E-state index in [1.807, 2.05) is 72.2 Å². The highest BCUT2D eigenvalue weighted by atomic mass is 16.5. The topological polar surface area (TPSA) is 47.3 Å². The Hall–Kier alpha value is -3.37. The van der Waals surface area contributed by atoms with Gasteiger partial charge in [0.05, 0.1) is 24.3 Å². The van der Waals surface area contributed by atoms with Crippen molar-refractivity contribution in [1.82, 2.24) is 9.55 Å². The van der Waals surface area contributed by atoms with Gasteiger partial charge in [0.2, 0.25) is 0 Å². The smallest absolute Gasteiger partial charge is 0.119 e. The van der Waals surface area contributed by atoms with Crippen LogP contribution in [0.5, 0.6) is 5.75 Å². The minimum atomic E-state index is -0.656. The number of benzene rings is 3. The maximum absolute atomic E-state index is 10.6. The van der Waals surface area contributed by atoms with Gasteiger partial charge in [-0.15, -0.1) is 0 Å². The minimum Gasteiger partial charge on any atom is -0.491 e. The SMILES string of the molecule is Cc1ccc(OC[C@H](O)Cn2cnc(-c3ccccc3)c2-c2ccccc2)cc1. The molecule has 0 spiro atoms. The Kier molecular flexibility index (Phi) is 5.73. The number of imidazole rings is 1. The van der Waals surface area contributed by atoms with Crippen LogP contribution in [0.25, 0.3) is 22.5 Å². The van der Waals surface area contributed by atoms with Crippen LogP contribution in [-0.2, 0) is 6.54 Å². The minimum absolute atomic E-state index is 0.218. The van der Waals surface area contributed by atoms with E-state index in [2.05, 4.69) is 29.2 Å². The van der Waals surface area contributed by atoms with Crippen molar-refractivity contribution in [3.8, 4) is 28.3 Å². The first kappa shape index (κ1) is 19.0. The quantitative estimate of drug-likeness (QED) is 0.490. The number of aliphatic hydroxyl groups excluding tert-OH is 1. The predicted octanol–water partition coefficient (Wildman–Crippen LogP) is 4.97. The summed E-state index contributed by atoms with van der Waals surface area (Å²) in [5, 5.41) is 10.6. The van der Waals surface area contributed by atoms with Crippen LogP contribution in [0.4, 0.5) is 0 Å². The number of aromatic nitrogens is 2. The molecule has 0 fully saturated rings. The van der Waals surface area contributed by atoms with E-state index in [1.54, 1.807) is 6.33 Å². The van der Waals surface area contributed by atoms with Crippen molar-refractivity contribution in [3.63, 3.8) is 0 Å². The number of nitrogens with zero attached hydrogens (tertiary/aromatic N) is 2. The molecule has 1 atom stereocenters. The molecule has 0 aliphatic heterocycles. The normalized spacial score (nSPS) is 11.9. The van der Waals surface area contributed by atoms with Gasteiger partial charge in [-0.1, -0.05) is 78.4 Å². The molecule has 4 heteroatoms. The van der Waals surface area contributed by atoms with Crippen molar-refractivity contribution >= 4 is 0 Å². The largest absolute Gasteiger partial charge is 0.491 e. The van der Waals surface area contributed by atoms with Gasteiger partial charge in [-0.05, 0) is 19.1 Å². The molecule has 1 heterocycles. The zero-order valence-corrected chi connectivity index (χ0v) is 16.4. The molecular formula is C25H24N2O2. The van der Waals surface area contributed by atoms with Crippen LogP contribution in [-0.4, -0.2) is 27.4 Å². The van der Waals surface area contributed by atoms with Gasteiger partial charge in [0.1, 0.15) is 18.5 Å². The lowest BCUT2D eigenvalue weighted by Crippen LogP contribution is -2.23. The summed E-state index contributed by atoms with van der Waals surface area (Å²) in [5.41, 5.74) is 5.19. The summed E-state index contributed by atoms with van der Waals surface area (Å²) in [5.74, 6) is 0.758. The summed E-state index contributed by atoms with van der Waals surface area (Å²) >= 11 is 0. The van der Waals surface area contributed by atoms with Crippen molar-refractivity contribution in [3.05, 3.63) is 96.8 Å². The van der Waals surface area contributed by atoms with Gasteiger partial charge < -0.3 is 14.4 Å². The van der Waals surface area contributed by atoms with E-state index in [-0.39, 0.29) is 6.61 Å². The Morgan fingerprint density at radius 1 is 0.862 bits per heavy atom. The van der Waals surface area contributed by atoms with Crippen molar-refractivity contribution in [2.24, 2.45) is 0 Å². The van der Waals surface area contributed by atoms with Crippen molar-refractivity contribution in [1.29, 1.82) is 0 Å². The third-order valence-corrected chi connectivity index (χ3v) is 4.80. The molecule has 29 heavy (non-hydrogen) atoms. The number of aliphatic hydroxyl groups is 1. The monoisotopic (exact) mass is 384 g/mol. The molecule has 4 rings (SSSR count). The van der Waals surface area contributed by atoms with Crippen molar-refractivity contribution < 1.29 is 9.84 Å². The van der Waals surface area contributed by atoms with Crippen LogP contribution < -0.4 is 4.74 Å². The summed E-state index contributed by atoms with van der Waals surface area (Å²) in [6, 6.07) is 28.1. The summed E-state index contributed by atoms with van der Waals surface area (Å²) < 4.78 is 7.75. The molecule has 146 valence electrons. The first-order valence-corrected chi connectivity index (χ1v) is 9.74. The Labute approximate surface area is 171 Å². The van der Waals surface area contributed by atoms with Gasteiger partial charge in [0.25, 0.3) is 0 Å². The summed E-state index contributed by atoms with van der Waals surface area (Å²) in [6.45, 7) is 2.65. The van der Waals surface area contributed by atoms with Crippen LogP contribution in [0.2, 0.25) is 0 Å². The fourth-order valence-electron chi connectivity index (χ4n) is 3.33. The molecule has 0 aliphatic carbocycles. The van der Waals surface area contributed by atoms with E-state index < -0.39 is 6.10 Å². The molecule has 0 aliphatic rings. The average molecular weight is 384 g/mol. The molecule has 4 aromatic rings. The van der Waals surface area contributed by atoms with Crippen molar-refractivity contribution in [2.45, 2.75) is 19.6 Å². The van der Waals surface area contributed by atoms with E-state index in [9.17, 15) is 5.11 Å².